The first-order chi connectivity index (χ1) is 12.1. The highest BCUT2D eigenvalue weighted by molar-refractivity contribution is 7.88. The number of carbonyl (C=O) groups is 1. The van der Waals surface area contributed by atoms with Crippen LogP contribution in [0.1, 0.15) is 40.5 Å². The van der Waals surface area contributed by atoms with Crippen molar-refractivity contribution in [3.63, 3.8) is 0 Å². The summed E-state index contributed by atoms with van der Waals surface area (Å²) >= 11 is 0. The molecule has 0 saturated heterocycles. The summed E-state index contributed by atoms with van der Waals surface area (Å²) in [5.74, 6) is -1.59. The van der Waals surface area contributed by atoms with Crippen LogP contribution in [0, 0.1) is 0 Å². The molecule has 0 spiro atoms. The molecule has 1 aliphatic carbocycles. The van der Waals surface area contributed by atoms with Gasteiger partial charge in [0.05, 0.1) is 18.6 Å². The highest BCUT2D eigenvalue weighted by Crippen LogP contribution is 2.36. The minimum atomic E-state index is -5.74. The van der Waals surface area contributed by atoms with Crippen LogP contribution in [0.5, 0.6) is 5.75 Å². The van der Waals surface area contributed by atoms with Gasteiger partial charge in [0, 0.05) is 0 Å². The van der Waals surface area contributed by atoms with E-state index < -0.39 is 27.3 Å². The predicted molar refractivity (Wildman–Crippen MR) is 82.3 cm³/mol. The van der Waals surface area contributed by atoms with Crippen molar-refractivity contribution >= 4 is 16.1 Å². The van der Waals surface area contributed by atoms with E-state index >= 15 is 0 Å². The van der Waals surface area contributed by atoms with Crippen molar-refractivity contribution in [2.75, 3.05) is 0 Å². The van der Waals surface area contributed by atoms with Gasteiger partial charge in [0.25, 0.3) is 0 Å². The van der Waals surface area contributed by atoms with Crippen LogP contribution in [0.4, 0.5) is 13.2 Å². The number of fused-ring (bicyclic) bond motifs is 1. The Morgan fingerprint density at radius 2 is 2.08 bits per heavy atom. The van der Waals surface area contributed by atoms with E-state index in [-0.39, 0.29) is 11.7 Å². The van der Waals surface area contributed by atoms with Gasteiger partial charge in [0.2, 0.25) is 0 Å². The zero-order chi connectivity index (χ0) is 19.1. The number of imidazole rings is 1. The fraction of sp³-hybridized carbons (Fsp3) is 0.333. The van der Waals surface area contributed by atoms with Crippen LogP contribution in [0.3, 0.4) is 0 Å². The Morgan fingerprint density at radius 1 is 1.35 bits per heavy atom. The lowest BCUT2D eigenvalue weighted by Gasteiger charge is -2.27. The normalized spacial score (nSPS) is 17.6. The number of halogens is 3. The van der Waals surface area contributed by atoms with Crippen LogP contribution in [-0.2, 0) is 16.5 Å². The Hall–Kier alpha value is -2.56. The van der Waals surface area contributed by atoms with Gasteiger partial charge in [-0.25, -0.2) is 9.78 Å². The first-order valence-electron chi connectivity index (χ1n) is 7.49. The molecule has 1 heterocycles. The fourth-order valence-electron chi connectivity index (χ4n) is 3.00. The van der Waals surface area contributed by atoms with Crippen LogP contribution < -0.4 is 4.18 Å². The number of alkyl halides is 3. The lowest BCUT2D eigenvalue weighted by Crippen LogP contribution is -2.28. The van der Waals surface area contributed by atoms with Gasteiger partial charge in [0.1, 0.15) is 11.4 Å². The first-order valence-corrected chi connectivity index (χ1v) is 8.89. The molecule has 26 heavy (non-hydrogen) atoms. The second-order valence-corrected chi connectivity index (χ2v) is 7.28. The first kappa shape index (κ1) is 18.2. The number of nitrogens with zero attached hydrogens (tertiary/aromatic N) is 2. The largest absolute Gasteiger partial charge is 0.534 e. The molecule has 11 heteroatoms. The monoisotopic (exact) mass is 390 g/mol. The SMILES string of the molecule is O=C(O)c1cncn1C1CCCc2cc(OS(=O)(=O)C(F)(F)F)ccc21. The quantitative estimate of drug-likeness (QED) is 0.637. The molecule has 1 unspecified atom stereocenters. The van der Waals surface area contributed by atoms with E-state index in [0.29, 0.717) is 30.4 Å². The molecule has 7 nitrogen and oxygen atoms in total. The van der Waals surface area contributed by atoms with E-state index in [1.54, 1.807) is 0 Å². The molecule has 0 aliphatic heterocycles. The summed E-state index contributed by atoms with van der Waals surface area (Å²) in [6, 6.07) is 3.45. The summed E-state index contributed by atoms with van der Waals surface area (Å²) in [4.78, 5) is 15.1. The smallest absolute Gasteiger partial charge is 0.477 e. The number of carboxylic acid groups (broad SMARTS) is 1. The van der Waals surface area contributed by atoms with E-state index in [4.69, 9.17) is 0 Å². The maximum Gasteiger partial charge on any atom is 0.534 e. The van der Waals surface area contributed by atoms with Crippen molar-refractivity contribution in [1.82, 2.24) is 9.55 Å². The number of aromatic nitrogens is 2. The van der Waals surface area contributed by atoms with E-state index in [1.807, 2.05) is 0 Å². The molecule has 1 aromatic heterocycles. The molecule has 1 aromatic carbocycles. The van der Waals surface area contributed by atoms with Crippen LogP contribution in [0.25, 0.3) is 0 Å². The van der Waals surface area contributed by atoms with E-state index in [1.165, 1.54) is 29.2 Å². The Labute approximate surface area is 146 Å². The second-order valence-electron chi connectivity index (χ2n) is 5.74. The molecule has 0 saturated carbocycles. The molecule has 0 fully saturated rings. The standard InChI is InChI=1S/C15H13F3N2O5S/c16-15(17,18)26(23,24)25-10-4-5-11-9(6-10)2-1-3-12(11)20-8-19-7-13(20)14(21)22/h4-8,12H,1-3H2,(H,21,22). The number of hydrogen-bond acceptors (Lipinski definition) is 5. The predicted octanol–water partition coefficient (Wildman–Crippen LogP) is 2.74. The number of carboxylic acids is 1. The molecular weight excluding hydrogens is 377 g/mol. The zero-order valence-electron chi connectivity index (χ0n) is 13.1. The third kappa shape index (κ3) is 3.26. The van der Waals surface area contributed by atoms with E-state index in [2.05, 4.69) is 9.17 Å². The number of benzene rings is 1. The lowest BCUT2D eigenvalue weighted by atomic mass is 9.87. The van der Waals surface area contributed by atoms with E-state index in [0.717, 1.165) is 6.07 Å². The summed E-state index contributed by atoms with van der Waals surface area (Å²) in [5, 5.41) is 9.23. The van der Waals surface area contributed by atoms with Gasteiger partial charge in [-0.05, 0) is 42.5 Å². The van der Waals surface area contributed by atoms with Crippen LogP contribution >= 0.6 is 0 Å². The van der Waals surface area contributed by atoms with Gasteiger partial charge < -0.3 is 13.9 Å². The van der Waals surface area contributed by atoms with E-state index in [9.17, 15) is 31.5 Å². The van der Waals surface area contributed by atoms with Gasteiger partial charge in [-0.15, -0.1) is 0 Å². The van der Waals surface area contributed by atoms with Gasteiger partial charge in [-0.3, -0.25) is 0 Å². The number of aromatic carboxylic acids is 1. The van der Waals surface area contributed by atoms with Crippen molar-refractivity contribution in [3.8, 4) is 5.75 Å². The molecular formula is C15H13F3N2O5S. The van der Waals surface area contributed by atoms with Crippen LogP contribution in [-0.4, -0.2) is 34.6 Å². The molecule has 1 atom stereocenters. The van der Waals surface area contributed by atoms with Gasteiger partial charge in [0.15, 0.2) is 0 Å². The van der Waals surface area contributed by atoms with Gasteiger partial charge >= 0.3 is 21.6 Å². The Morgan fingerprint density at radius 3 is 2.73 bits per heavy atom. The van der Waals surface area contributed by atoms with Crippen molar-refractivity contribution < 1.29 is 35.7 Å². The third-order valence-electron chi connectivity index (χ3n) is 4.11. The summed E-state index contributed by atoms with van der Waals surface area (Å²) in [6.07, 6.45) is 4.35. The molecule has 0 radical (unpaired) electrons. The summed E-state index contributed by atoms with van der Waals surface area (Å²) in [6.45, 7) is 0. The molecule has 2 aromatic rings. The number of rotatable bonds is 4. The number of aryl methyl sites for hydroxylation is 1. The van der Waals surface area contributed by atoms with Crippen molar-refractivity contribution in [3.05, 3.63) is 47.5 Å². The van der Waals surface area contributed by atoms with Crippen molar-refractivity contribution in [2.45, 2.75) is 30.8 Å². The molecule has 0 bridgehead atoms. The summed E-state index contributed by atoms with van der Waals surface area (Å²) in [5.41, 5.74) is -4.24. The molecule has 1 N–H and O–H groups in total. The van der Waals surface area contributed by atoms with Gasteiger partial charge in [-0.1, -0.05) is 6.07 Å². The topological polar surface area (TPSA) is 98.5 Å². The number of hydrogen-bond donors (Lipinski definition) is 1. The third-order valence-corrected chi connectivity index (χ3v) is 5.09. The molecule has 140 valence electrons. The minimum absolute atomic E-state index is 0.0113. The summed E-state index contributed by atoms with van der Waals surface area (Å²) < 4.78 is 65.2. The molecule has 3 rings (SSSR count). The average Bonchev–Trinajstić information content (AvgIpc) is 3.02. The van der Waals surface area contributed by atoms with Crippen LogP contribution in [0.15, 0.2) is 30.7 Å². The highest BCUT2D eigenvalue weighted by atomic mass is 32.2. The van der Waals surface area contributed by atoms with Gasteiger partial charge in [-0.2, -0.15) is 21.6 Å². The molecule has 1 aliphatic rings. The maximum atomic E-state index is 12.4. The molecule has 0 amide bonds. The zero-order valence-corrected chi connectivity index (χ0v) is 13.9. The van der Waals surface area contributed by atoms with Crippen molar-refractivity contribution in [2.24, 2.45) is 0 Å². The van der Waals surface area contributed by atoms with Crippen molar-refractivity contribution in [1.29, 1.82) is 0 Å². The second kappa shape index (κ2) is 6.31. The highest BCUT2D eigenvalue weighted by Gasteiger charge is 2.48. The van der Waals surface area contributed by atoms with Crippen LogP contribution in [0.2, 0.25) is 0 Å². The average molecular weight is 390 g/mol. The summed E-state index contributed by atoms with van der Waals surface area (Å²) in [7, 11) is -5.74. The Bertz CT molecular complexity index is 952. The Balaban J connectivity index is 1.96. The minimum Gasteiger partial charge on any atom is -0.477 e. The maximum absolute atomic E-state index is 12.4. The fourth-order valence-corrected chi connectivity index (χ4v) is 3.45. The Kier molecular flexibility index (Phi) is 4.42. The lowest BCUT2D eigenvalue weighted by molar-refractivity contribution is -0.0500.